The maximum atomic E-state index is 12.8. The minimum atomic E-state index is -4.63. The molecule has 0 bridgehead atoms. The average Bonchev–Trinajstić information content (AvgIpc) is 3.24. The molecular weight excluding hydrogens is 508 g/mol. The lowest BCUT2D eigenvalue weighted by Crippen LogP contribution is -2.20. The molecule has 8 nitrogen and oxygen atoms in total. The van der Waals surface area contributed by atoms with E-state index in [1.54, 1.807) is 0 Å². The number of fused-ring (bicyclic) bond motifs is 1. The molecule has 3 N–H and O–H groups in total. The van der Waals surface area contributed by atoms with Crippen LogP contribution in [0.3, 0.4) is 0 Å². The van der Waals surface area contributed by atoms with Gasteiger partial charge in [0.25, 0.3) is 11.8 Å². The van der Waals surface area contributed by atoms with Gasteiger partial charge in [0.1, 0.15) is 11.4 Å². The second-order valence-electron chi connectivity index (χ2n) is 7.56. The Morgan fingerprint density at radius 1 is 0.892 bits per heavy atom. The van der Waals surface area contributed by atoms with Crippen molar-refractivity contribution < 1.29 is 40.7 Å². The summed E-state index contributed by atoms with van der Waals surface area (Å²) < 4.78 is 82.0. The third-order valence-corrected chi connectivity index (χ3v) is 4.91. The molecule has 4 aromatic rings. The Hall–Kier alpha value is -4.62. The van der Waals surface area contributed by atoms with Crippen molar-refractivity contribution in [3.05, 3.63) is 77.5 Å². The van der Waals surface area contributed by atoms with Gasteiger partial charge in [0.15, 0.2) is 18.1 Å². The number of nitrogens with zero attached hydrogens (tertiary/aromatic N) is 2. The van der Waals surface area contributed by atoms with E-state index in [4.69, 9.17) is 4.74 Å². The van der Waals surface area contributed by atoms with E-state index in [-0.39, 0.29) is 33.9 Å². The number of rotatable bonds is 6. The number of hydrogen-bond acceptors (Lipinski definition) is 5. The molecule has 0 fully saturated rings. The van der Waals surface area contributed by atoms with Crippen molar-refractivity contribution in [3.8, 4) is 5.75 Å². The number of carbonyl (C=O) groups excluding carboxylic acids is 2. The standard InChI is InChI=1S/C23H15F6N5O3/c24-22(25,26)13-2-1-3-14(10-13)30-18(35)11-37-15-6-4-12(5-7-15)21(36)32-20-16-8-9-17(23(27,28)29)31-19(16)33-34-20/h1-10H,11H2,(H,30,35)(H2,31,32,33,34,36). The van der Waals surface area contributed by atoms with E-state index in [0.29, 0.717) is 0 Å². The molecule has 0 unspecified atom stereocenters. The normalized spacial score (nSPS) is 11.8. The molecule has 0 radical (unpaired) electrons. The van der Waals surface area contributed by atoms with E-state index in [1.807, 2.05) is 0 Å². The smallest absolute Gasteiger partial charge is 0.433 e. The first-order chi connectivity index (χ1) is 17.4. The molecule has 0 aliphatic carbocycles. The first-order valence-electron chi connectivity index (χ1n) is 10.3. The van der Waals surface area contributed by atoms with Crippen molar-refractivity contribution in [1.82, 2.24) is 15.2 Å². The van der Waals surface area contributed by atoms with Gasteiger partial charge in [-0.15, -0.1) is 0 Å². The van der Waals surface area contributed by atoms with Gasteiger partial charge in [-0.2, -0.15) is 31.4 Å². The molecule has 2 aromatic carbocycles. The van der Waals surface area contributed by atoms with Gasteiger partial charge in [-0.25, -0.2) is 4.98 Å². The highest BCUT2D eigenvalue weighted by Gasteiger charge is 2.33. The van der Waals surface area contributed by atoms with Crippen LogP contribution in [0.25, 0.3) is 11.0 Å². The molecule has 14 heteroatoms. The highest BCUT2D eigenvalue weighted by molar-refractivity contribution is 6.07. The Morgan fingerprint density at radius 3 is 2.30 bits per heavy atom. The molecule has 2 amide bonds. The summed E-state index contributed by atoms with van der Waals surface area (Å²) in [6, 6.07) is 11.5. The maximum absolute atomic E-state index is 12.8. The second kappa shape index (κ2) is 9.79. The zero-order valence-electron chi connectivity index (χ0n) is 18.4. The molecule has 0 saturated carbocycles. The van der Waals surface area contributed by atoms with Crippen LogP contribution in [0, 0.1) is 0 Å². The van der Waals surface area contributed by atoms with Gasteiger partial charge in [-0.3, -0.25) is 14.7 Å². The maximum Gasteiger partial charge on any atom is 0.433 e. The molecule has 0 atom stereocenters. The Labute approximate surface area is 203 Å². The number of ether oxygens (including phenoxy) is 1. The number of aromatic amines is 1. The van der Waals surface area contributed by atoms with Crippen LogP contribution in [0.2, 0.25) is 0 Å². The van der Waals surface area contributed by atoms with E-state index in [9.17, 15) is 35.9 Å². The van der Waals surface area contributed by atoms with Gasteiger partial charge in [0.05, 0.1) is 10.9 Å². The molecule has 4 rings (SSSR count). The highest BCUT2D eigenvalue weighted by Crippen LogP contribution is 2.31. The lowest BCUT2D eigenvalue weighted by Gasteiger charge is -2.11. The van der Waals surface area contributed by atoms with Gasteiger partial charge >= 0.3 is 12.4 Å². The number of carbonyl (C=O) groups is 2. The minimum Gasteiger partial charge on any atom is -0.484 e. The minimum absolute atomic E-state index is 0.0205. The van der Waals surface area contributed by atoms with Crippen molar-refractivity contribution in [2.24, 2.45) is 0 Å². The molecular formula is C23H15F6N5O3. The summed E-state index contributed by atoms with van der Waals surface area (Å²) in [4.78, 5) is 28.0. The summed E-state index contributed by atoms with van der Waals surface area (Å²) >= 11 is 0. The van der Waals surface area contributed by atoms with E-state index >= 15 is 0 Å². The monoisotopic (exact) mass is 523 g/mol. The third-order valence-electron chi connectivity index (χ3n) is 4.91. The number of pyridine rings is 1. The molecule has 0 aliphatic heterocycles. The Morgan fingerprint density at radius 2 is 1.62 bits per heavy atom. The summed E-state index contributed by atoms with van der Waals surface area (Å²) in [6.45, 7) is -0.506. The first-order valence-corrected chi connectivity index (χ1v) is 10.3. The van der Waals surface area contributed by atoms with E-state index < -0.39 is 42.0 Å². The predicted molar refractivity (Wildman–Crippen MR) is 119 cm³/mol. The number of amides is 2. The van der Waals surface area contributed by atoms with Crippen LogP contribution in [-0.4, -0.2) is 33.6 Å². The number of hydrogen-bond donors (Lipinski definition) is 3. The fourth-order valence-corrected chi connectivity index (χ4v) is 3.16. The molecule has 0 aliphatic rings. The lowest BCUT2D eigenvalue weighted by molar-refractivity contribution is -0.141. The van der Waals surface area contributed by atoms with Crippen LogP contribution in [0.5, 0.6) is 5.75 Å². The fourth-order valence-electron chi connectivity index (χ4n) is 3.16. The Balaban J connectivity index is 1.34. The fraction of sp³-hybridized carbons (Fsp3) is 0.130. The van der Waals surface area contributed by atoms with Crippen molar-refractivity contribution in [1.29, 1.82) is 0 Å². The van der Waals surface area contributed by atoms with Crippen LogP contribution in [0.4, 0.5) is 37.8 Å². The van der Waals surface area contributed by atoms with E-state index in [2.05, 4.69) is 25.8 Å². The Kier molecular flexibility index (Phi) is 6.74. The van der Waals surface area contributed by atoms with Gasteiger partial charge in [0, 0.05) is 11.3 Å². The molecule has 0 spiro atoms. The SMILES string of the molecule is O=C(COc1ccc(C(=O)Nc2n[nH]c3nc(C(F)(F)F)ccc23)cc1)Nc1cccc(C(F)(F)F)c1. The van der Waals surface area contributed by atoms with Crippen LogP contribution < -0.4 is 15.4 Å². The van der Waals surface area contributed by atoms with Crippen molar-refractivity contribution in [3.63, 3.8) is 0 Å². The summed E-state index contributed by atoms with van der Waals surface area (Å²) in [5.41, 5.74) is -2.08. The van der Waals surface area contributed by atoms with E-state index in [1.165, 1.54) is 30.3 Å². The highest BCUT2D eigenvalue weighted by atomic mass is 19.4. The second-order valence-corrected chi connectivity index (χ2v) is 7.56. The number of nitrogens with one attached hydrogen (secondary N) is 3. The lowest BCUT2D eigenvalue weighted by atomic mass is 10.2. The summed E-state index contributed by atoms with van der Waals surface area (Å²) in [5.74, 6) is -1.14. The molecule has 2 aromatic heterocycles. The van der Waals surface area contributed by atoms with Crippen molar-refractivity contribution >= 4 is 34.4 Å². The zero-order chi connectivity index (χ0) is 26.8. The van der Waals surface area contributed by atoms with Gasteiger partial charge < -0.3 is 15.4 Å². The predicted octanol–water partition coefficient (Wildman–Crippen LogP) is 5.27. The molecule has 192 valence electrons. The van der Waals surface area contributed by atoms with Gasteiger partial charge in [-0.1, -0.05) is 6.07 Å². The Bertz CT molecular complexity index is 1450. The van der Waals surface area contributed by atoms with Crippen LogP contribution in [0.15, 0.2) is 60.7 Å². The number of H-pyrrole nitrogens is 1. The van der Waals surface area contributed by atoms with Crippen LogP contribution >= 0.6 is 0 Å². The first kappa shape index (κ1) is 25.5. The van der Waals surface area contributed by atoms with Crippen molar-refractivity contribution in [2.45, 2.75) is 12.4 Å². The topological polar surface area (TPSA) is 109 Å². The molecule has 37 heavy (non-hydrogen) atoms. The zero-order valence-corrected chi connectivity index (χ0v) is 18.4. The summed E-state index contributed by atoms with van der Waals surface area (Å²) in [7, 11) is 0. The van der Waals surface area contributed by atoms with E-state index in [0.717, 1.165) is 30.3 Å². The number of alkyl halides is 6. The van der Waals surface area contributed by atoms with Gasteiger partial charge in [0.2, 0.25) is 0 Å². The average molecular weight is 523 g/mol. The molecule has 2 heterocycles. The number of benzene rings is 2. The van der Waals surface area contributed by atoms with Crippen LogP contribution in [-0.2, 0) is 17.1 Å². The van der Waals surface area contributed by atoms with Crippen LogP contribution in [0.1, 0.15) is 21.6 Å². The van der Waals surface area contributed by atoms with Crippen molar-refractivity contribution in [2.75, 3.05) is 17.2 Å². The third kappa shape index (κ3) is 6.15. The summed E-state index contributed by atoms with van der Waals surface area (Å²) in [5, 5.41) is 11.1. The quantitative estimate of drug-likeness (QED) is 0.299. The largest absolute Gasteiger partial charge is 0.484 e. The molecule has 0 saturated heterocycles. The number of anilines is 2. The number of halogens is 6. The van der Waals surface area contributed by atoms with Gasteiger partial charge in [-0.05, 0) is 54.6 Å². The number of aromatic nitrogens is 3. The summed E-state index contributed by atoms with van der Waals surface area (Å²) in [6.07, 6.45) is -9.19.